The normalized spacial score (nSPS) is 18.4. The molecule has 1 atom stereocenters. The van der Waals surface area contributed by atoms with Crippen LogP contribution in [0.25, 0.3) is 0 Å². The van der Waals surface area contributed by atoms with Gasteiger partial charge in [-0.2, -0.15) is 0 Å². The van der Waals surface area contributed by atoms with Crippen molar-refractivity contribution in [2.45, 2.75) is 18.9 Å². The Morgan fingerprint density at radius 3 is 2.95 bits per heavy atom. The van der Waals surface area contributed by atoms with Crippen LogP contribution in [0.2, 0.25) is 0 Å². The molecule has 2 rings (SSSR count). The molecular weight excluding hydrogens is 312 g/mol. The Morgan fingerprint density at radius 2 is 2.26 bits per heavy atom. The van der Waals surface area contributed by atoms with Gasteiger partial charge < -0.3 is 15.4 Å². The van der Waals surface area contributed by atoms with E-state index in [1.165, 1.54) is 0 Å². The number of hydrogen-bond donors (Lipinski definition) is 1. The van der Waals surface area contributed by atoms with Gasteiger partial charge >= 0.3 is 12.0 Å². The Hall–Kier alpha value is -1.56. The fraction of sp³-hybridized carbons (Fsp3) is 0.385. The van der Waals surface area contributed by atoms with E-state index in [4.69, 9.17) is 10.5 Å². The largest absolute Gasteiger partial charge is 0.460 e. The van der Waals surface area contributed by atoms with Crippen molar-refractivity contribution in [2.75, 3.05) is 13.2 Å². The summed E-state index contributed by atoms with van der Waals surface area (Å²) in [4.78, 5) is 24.6. The zero-order valence-electron chi connectivity index (χ0n) is 10.3. The van der Waals surface area contributed by atoms with Gasteiger partial charge in [-0.3, -0.25) is 0 Å². The fourth-order valence-electron chi connectivity index (χ4n) is 2.17. The molecule has 1 unspecified atom stereocenters. The Morgan fingerprint density at radius 1 is 1.47 bits per heavy atom. The number of carbonyl (C=O) groups is 2. The molecular formula is C13H15BrN2O3. The lowest BCUT2D eigenvalue weighted by atomic mass is 10.2. The van der Waals surface area contributed by atoms with Gasteiger partial charge in [-0.05, 0) is 31.0 Å². The third kappa shape index (κ3) is 3.47. The molecule has 2 N–H and O–H groups in total. The summed E-state index contributed by atoms with van der Waals surface area (Å²) in [6.07, 6.45) is 1.71. The van der Waals surface area contributed by atoms with Crippen LogP contribution in [0.5, 0.6) is 0 Å². The number of amides is 2. The second-order valence-corrected chi connectivity index (χ2v) is 5.35. The average Bonchev–Trinajstić information content (AvgIpc) is 2.84. The van der Waals surface area contributed by atoms with Gasteiger partial charge in [0.2, 0.25) is 0 Å². The zero-order chi connectivity index (χ0) is 13.8. The first kappa shape index (κ1) is 13.9. The van der Waals surface area contributed by atoms with Crippen LogP contribution >= 0.6 is 15.9 Å². The second kappa shape index (κ2) is 6.06. The van der Waals surface area contributed by atoms with Crippen LogP contribution in [0.1, 0.15) is 23.2 Å². The third-order valence-corrected chi connectivity index (χ3v) is 3.62. The zero-order valence-corrected chi connectivity index (χ0v) is 11.9. The molecule has 1 aliphatic heterocycles. The molecule has 102 valence electrons. The molecule has 1 heterocycles. The lowest BCUT2D eigenvalue weighted by Crippen LogP contribution is -2.41. The Bertz CT molecular complexity index is 493. The van der Waals surface area contributed by atoms with Crippen molar-refractivity contribution in [3.8, 4) is 0 Å². The molecule has 6 heteroatoms. The van der Waals surface area contributed by atoms with Gasteiger partial charge in [0.15, 0.2) is 0 Å². The lowest BCUT2D eigenvalue weighted by molar-refractivity contribution is 0.0422. The van der Waals surface area contributed by atoms with E-state index in [0.29, 0.717) is 12.1 Å². The summed E-state index contributed by atoms with van der Waals surface area (Å²) < 4.78 is 6.06. The van der Waals surface area contributed by atoms with Crippen LogP contribution in [0.4, 0.5) is 4.79 Å². The summed E-state index contributed by atoms with van der Waals surface area (Å²) >= 11 is 3.30. The summed E-state index contributed by atoms with van der Waals surface area (Å²) in [5.74, 6) is -0.391. The average molecular weight is 327 g/mol. The Kier molecular flexibility index (Phi) is 4.42. The molecule has 1 aliphatic rings. The SMILES string of the molecule is NC(=O)N1CCCC1COC(=O)c1cccc(Br)c1. The highest BCUT2D eigenvalue weighted by atomic mass is 79.9. The number of halogens is 1. The van der Waals surface area contributed by atoms with Crippen LogP contribution < -0.4 is 5.73 Å². The maximum absolute atomic E-state index is 11.9. The van der Waals surface area contributed by atoms with E-state index < -0.39 is 12.0 Å². The van der Waals surface area contributed by atoms with Crippen molar-refractivity contribution in [3.05, 3.63) is 34.3 Å². The van der Waals surface area contributed by atoms with E-state index in [9.17, 15) is 9.59 Å². The van der Waals surface area contributed by atoms with Crippen molar-refractivity contribution in [1.82, 2.24) is 4.90 Å². The standard InChI is InChI=1S/C13H15BrN2O3/c14-10-4-1-3-9(7-10)12(17)19-8-11-5-2-6-16(11)13(15)18/h1,3-4,7,11H,2,5-6,8H2,(H2,15,18). The highest BCUT2D eigenvalue weighted by molar-refractivity contribution is 9.10. The molecule has 1 aromatic rings. The highest BCUT2D eigenvalue weighted by Gasteiger charge is 2.28. The van der Waals surface area contributed by atoms with E-state index in [2.05, 4.69) is 15.9 Å². The topological polar surface area (TPSA) is 72.6 Å². The lowest BCUT2D eigenvalue weighted by Gasteiger charge is -2.22. The summed E-state index contributed by atoms with van der Waals surface area (Å²) in [5.41, 5.74) is 5.75. The van der Waals surface area contributed by atoms with Crippen molar-refractivity contribution in [1.29, 1.82) is 0 Å². The molecule has 0 radical (unpaired) electrons. The van der Waals surface area contributed by atoms with Crippen LogP contribution in [-0.4, -0.2) is 36.1 Å². The quantitative estimate of drug-likeness (QED) is 0.865. The maximum atomic E-state index is 11.9. The number of primary amides is 1. The molecule has 0 aliphatic carbocycles. The number of ether oxygens (including phenoxy) is 1. The number of nitrogens with two attached hydrogens (primary N) is 1. The van der Waals surface area contributed by atoms with E-state index in [1.807, 2.05) is 6.07 Å². The summed E-state index contributed by atoms with van der Waals surface area (Å²) in [5, 5.41) is 0. The number of urea groups is 1. The van der Waals surface area contributed by atoms with Gasteiger partial charge in [-0.1, -0.05) is 22.0 Å². The maximum Gasteiger partial charge on any atom is 0.338 e. The van der Waals surface area contributed by atoms with Gasteiger partial charge in [-0.15, -0.1) is 0 Å². The van der Waals surface area contributed by atoms with Gasteiger partial charge in [-0.25, -0.2) is 9.59 Å². The fourth-order valence-corrected chi connectivity index (χ4v) is 2.57. The number of nitrogens with zero attached hydrogens (tertiary/aromatic N) is 1. The molecule has 0 aromatic heterocycles. The van der Waals surface area contributed by atoms with E-state index in [0.717, 1.165) is 17.3 Å². The van der Waals surface area contributed by atoms with Gasteiger partial charge in [0.1, 0.15) is 6.61 Å². The van der Waals surface area contributed by atoms with Gasteiger partial charge in [0.05, 0.1) is 11.6 Å². The Balaban J connectivity index is 1.92. The van der Waals surface area contributed by atoms with Crippen molar-refractivity contribution < 1.29 is 14.3 Å². The number of esters is 1. The molecule has 0 spiro atoms. The highest BCUT2D eigenvalue weighted by Crippen LogP contribution is 2.18. The second-order valence-electron chi connectivity index (χ2n) is 4.44. The van der Waals surface area contributed by atoms with E-state index in [-0.39, 0.29) is 12.6 Å². The minimum Gasteiger partial charge on any atom is -0.460 e. The van der Waals surface area contributed by atoms with Crippen molar-refractivity contribution in [2.24, 2.45) is 5.73 Å². The van der Waals surface area contributed by atoms with Gasteiger partial charge in [0.25, 0.3) is 0 Å². The predicted molar refractivity (Wildman–Crippen MR) is 73.7 cm³/mol. The minimum absolute atomic E-state index is 0.103. The number of hydrogen-bond acceptors (Lipinski definition) is 3. The van der Waals surface area contributed by atoms with Gasteiger partial charge in [0, 0.05) is 11.0 Å². The number of likely N-dealkylation sites (tertiary alicyclic amines) is 1. The molecule has 1 fully saturated rings. The smallest absolute Gasteiger partial charge is 0.338 e. The van der Waals surface area contributed by atoms with Crippen molar-refractivity contribution in [3.63, 3.8) is 0 Å². The number of carbonyl (C=O) groups excluding carboxylic acids is 2. The molecule has 0 saturated carbocycles. The van der Waals surface area contributed by atoms with Crippen LogP contribution in [-0.2, 0) is 4.74 Å². The molecule has 0 bridgehead atoms. The molecule has 2 amide bonds. The minimum atomic E-state index is -0.457. The molecule has 1 aromatic carbocycles. The van der Waals surface area contributed by atoms with Crippen LogP contribution in [0.15, 0.2) is 28.7 Å². The Labute approximate surface area is 119 Å². The third-order valence-electron chi connectivity index (χ3n) is 3.13. The molecule has 5 nitrogen and oxygen atoms in total. The van der Waals surface area contributed by atoms with E-state index >= 15 is 0 Å². The molecule has 19 heavy (non-hydrogen) atoms. The van der Waals surface area contributed by atoms with Crippen LogP contribution in [0.3, 0.4) is 0 Å². The predicted octanol–water partition coefficient (Wildman–Crippen LogP) is 2.15. The monoisotopic (exact) mass is 326 g/mol. The first-order chi connectivity index (χ1) is 9.08. The summed E-state index contributed by atoms with van der Waals surface area (Å²) in [7, 11) is 0. The summed E-state index contributed by atoms with van der Waals surface area (Å²) in [6, 6.07) is 6.43. The summed E-state index contributed by atoms with van der Waals surface area (Å²) in [6.45, 7) is 0.822. The van der Waals surface area contributed by atoms with Crippen molar-refractivity contribution >= 4 is 27.9 Å². The molecule has 1 saturated heterocycles. The number of rotatable bonds is 3. The first-order valence-corrected chi connectivity index (χ1v) is 6.86. The van der Waals surface area contributed by atoms with Crippen LogP contribution in [0, 0.1) is 0 Å². The number of benzene rings is 1. The first-order valence-electron chi connectivity index (χ1n) is 6.06. The van der Waals surface area contributed by atoms with E-state index in [1.54, 1.807) is 23.1 Å².